The summed E-state index contributed by atoms with van der Waals surface area (Å²) in [5, 5.41) is 0.420. The fourth-order valence-corrected chi connectivity index (χ4v) is 4.72. The van der Waals surface area contributed by atoms with Crippen molar-refractivity contribution in [2.45, 2.75) is 30.0 Å². The normalized spacial score (nSPS) is 15.0. The molecule has 1 aromatic carbocycles. The molecule has 1 atom stereocenters. The average Bonchev–Trinajstić information content (AvgIpc) is 3.00. The molecule has 7 heteroatoms. The highest BCUT2D eigenvalue weighted by atomic mass is 32.2. The van der Waals surface area contributed by atoms with Crippen molar-refractivity contribution in [2.24, 2.45) is 4.99 Å². The van der Waals surface area contributed by atoms with E-state index >= 15 is 0 Å². The Morgan fingerprint density at radius 2 is 2.00 bits per heavy atom. The Morgan fingerprint density at radius 1 is 1.21 bits per heavy atom. The van der Waals surface area contributed by atoms with Gasteiger partial charge in [-0.05, 0) is 30.7 Å². The zero-order valence-electron chi connectivity index (χ0n) is 13.3. The summed E-state index contributed by atoms with van der Waals surface area (Å²) in [6.45, 7) is 2.81. The zero-order chi connectivity index (χ0) is 17.0. The molecule has 0 spiro atoms. The summed E-state index contributed by atoms with van der Waals surface area (Å²) in [5.41, 5.74) is 1.32. The Morgan fingerprint density at radius 3 is 2.79 bits per heavy atom. The molecule has 0 bridgehead atoms. The van der Waals surface area contributed by atoms with Gasteiger partial charge in [-0.15, -0.1) is 11.8 Å². The van der Waals surface area contributed by atoms with Crippen LogP contribution in [0.5, 0.6) is 0 Å². The molecule has 1 aliphatic heterocycles. The van der Waals surface area contributed by atoms with E-state index in [1.807, 2.05) is 18.2 Å². The summed E-state index contributed by atoms with van der Waals surface area (Å²) in [5.74, 6) is 0. The number of fused-ring (bicyclic) bond motifs is 1. The molecule has 0 saturated carbocycles. The minimum Gasteiger partial charge on any atom is -0.265 e. The van der Waals surface area contributed by atoms with Gasteiger partial charge in [0.15, 0.2) is 5.04 Å². The van der Waals surface area contributed by atoms with E-state index in [9.17, 15) is 8.42 Å². The fourth-order valence-electron chi connectivity index (χ4n) is 2.48. The molecule has 0 aliphatic carbocycles. The molecule has 1 aliphatic rings. The van der Waals surface area contributed by atoms with Crippen LogP contribution in [0.3, 0.4) is 0 Å². The SMILES string of the molecule is CC(CCNS(=O)(=O)C1=NCc2ncccc21)Sc1ccccc1. The molecule has 0 fully saturated rings. The van der Waals surface area contributed by atoms with E-state index < -0.39 is 10.0 Å². The van der Waals surface area contributed by atoms with Gasteiger partial charge >= 0.3 is 0 Å². The van der Waals surface area contributed by atoms with Gasteiger partial charge in [0.25, 0.3) is 10.0 Å². The van der Waals surface area contributed by atoms with E-state index in [1.54, 1.807) is 30.1 Å². The number of hydrogen-bond acceptors (Lipinski definition) is 5. The second-order valence-electron chi connectivity index (χ2n) is 5.55. The van der Waals surface area contributed by atoms with Gasteiger partial charge in [0.2, 0.25) is 0 Å². The highest BCUT2D eigenvalue weighted by molar-refractivity contribution is 8.05. The summed E-state index contributed by atoms with van der Waals surface area (Å²) in [6.07, 6.45) is 2.39. The average molecular weight is 361 g/mol. The number of aliphatic imine (C=N–C) groups is 1. The van der Waals surface area contributed by atoms with Crippen molar-refractivity contribution in [3.63, 3.8) is 0 Å². The van der Waals surface area contributed by atoms with Crippen LogP contribution in [0.15, 0.2) is 58.5 Å². The predicted molar refractivity (Wildman–Crippen MR) is 97.8 cm³/mol. The molecule has 126 valence electrons. The summed E-state index contributed by atoms with van der Waals surface area (Å²) in [7, 11) is -3.59. The van der Waals surface area contributed by atoms with Gasteiger partial charge in [-0.3, -0.25) is 9.98 Å². The first-order valence-corrected chi connectivity index (χ1v) is 10.1. The van der Waals surface area contributed by atoms with Gasteiger partial charge in [-0.2, -0.15) is 0 Å². The number of aromatic nitrogens is 1. The van der Waals surface area contributed by atoms with Crippen molar-refractivity contribution in [1.29, 1.82) is 0 Å². The Balaban J connectivity index is 1.55. The van der Waals surface area contributed by atoms with Crippen LogP contribution in [0.2, 0.25) is 0 Å². The summed E-state index contributed by atoms with van der Waals surface area (Å²) in [4.78, 5) is 9.50. The monoisotopic (exact) mass is 361 g/mol. The standard InChI is InChI=1S/C17H19N3O2S2/c1-13(23-14-6-3-2-4-7-14)9-11-20-24(21,22)17-15-8-5-10-18-16(15)12-19-17/h2-8,10,13,20H,9,11-12H2,1H3. The van der Waals surface area contributed by atoms with Gasteiger partial charge in [-0.1, -0.05) is 25.1 Å². The van der Waals surface area contributed by atoms with Crippen LogP contribution in [0.4, 0.5) is 0 Å². The number of sulfonamides is 1. The van der Waals surface area contributed by atoms with E-state index in [1.165, 1.54) is 4.90 Å². The molecule has 0 amide bonds. The molecule has 5 nitrogen and oxygen atoms in total. The van der Waals surface area contributed by atoms with Crippen LogP contribution < -0.4 is 4.72 Å². The first-order valence-electron chi connectivity index (χ1n) is 7.76. The number of thioether (sulfide) groups is 1. The fraction of sp³-hybridized carbons (Fsp3) is 0.294. The zero-order valence-corrected chi connectivity index (χ0v) is 15.0. The second-order valence-corrected chi connectivity index (χ2v) is 8.74. The number of rotatable bonds is 6. The largest absolute Gasteiger partial charge is 0.265 e. The number of pyridine rings is 1. The molecule has 2 aromatic rings. The molecular formula is C17H19N3O2S2. The highest BCUT2D eigenvalue weighted by Gasteiger charge is 2.27. The van der Waals surface area contributed by atoms with Crippen molar-refractivity contribution in [2.75, 3.05) is 6.54 Å². The van der Waals surface area contributed by atoms with Gasteiger partial charge in [0, 0.05) is 28.5 Å². The molecule has 1 N–H and O–H groups in total. The maximum atomic E-state index is 12.5. The molecule has 0 radical (unpaired) electrons. The Labute approximate surface area is 146 Å². The van der Waals surface area contributed by atoms with Crippen molar-refractivity contribution < 1.29 is 8.42 Å². The number of nitrogens with one attached hydrogen (secondary N) is 1. The van der Waals surface area contributed by atoms with E-state index in [0.29, 0.717) is 29.6 Å². The Kier molecular flexibility index (Phi) is 5.33. The molecule has 24 heavy (non-hydrogen) atoms. The summed E-state index contributed by atoms with van der Waals surface area (Å²) in [6, 6.07) is 13.6. The lowest BCUT2D eigenvalue weighted by molar-refractivity contribution is 0.591. The molecule has 1 aromatic heterocycles. The van der Waals surface area contributed by atoms with Gasteiger partial charge in [0.1, 0.15) is 0 Å². The maximum absolute atomic E-state index is 12.5. The molecule has 3 rings (SSSR count). The molecule has 1 unspecified atom stereocenters. The van der Waals surface area contributed by atoms with Gasteiger partial charge < -0.3 is 0 Å². The highest BCUT2D eigenvalue weighted by Crippen LogP contribution is 2.24. The third kappa shape index (κ3) is 4.03. The van der Waals surface area contributed by atoms with E-state index in [2.05, 4.69) is 33.8 Å². The van der Waals surface area contributed by atoms with Crippen molar-refractivity contribution in [3.8, 4) is 0 Å². The van der Waals surface area contributed by atoms with Crippen molar-refractivity contribution >= 4 is 26.8 Å². The predicted octanol–water partition coefficient (Wildman–Crippen LogP) is 2.83. The Bertz CT molecular complexity index is 836. The summed E-state index contributed by atoms with van der Waals surface area (Å²) < 4.78 is 27.6. The van der Waals surface area contributed by atoms with Gasteiger partial charge in [-0.25, -0.2) is 13.1 Å². The minimum absolute atomic E-state index is 0.106. The van der Waals surface area contributed by atoms with Crippen LogP contribution in [-0.4, -0.2) is 30.2 Å². The summed E-state index contributed by atoms with van der Waals surface area (Å²) >= 11 is 1.74. The van der Waals surface area contributed by atoms with E-state index in [4.69, 9.17) is 0 Å². The second kappa shape index (κ2) is 7.46. The smallest absolute Gasteiger partial charge is 0.258 e. The third-order valence-corrected chi connectivity index (χ3v) is 6.30. The van der Waals surface area contributed by atoms with Crippen LogP contribution in [0.25, 0.3) is 0 Å². The lowest BCUT2D eigenvalue weighted by Crippen LogP contribution is -2.32. The topological polar surface area (TPSA) is 71.4 Å². The number of hydrogen-bond donors (Lipinski definition) is 1. The first-order chi connectivity index (χ1) is 11.6. The lowest BCUT2D eigenvalue weighted by Gasteiger charge is -2.12. The van der Waals surface area contributed by atoms with E-state index in [-0.39, 0.29) is 5.04 Å². The number of benzene rings is 1. The van der Waals surface area contributed by atoms with Crippen LogP contribution in [-0.2, 0) is 16.6 Å². The Hall–Kier alpha value is -1.70. The number of nitrogens with zero attached hydrogens (tertiary/aromatic N) is 2. The van der Waals surface area contributed by atoms with Crippen LogP contribution in [0, 0.1) is 0 Å². The van der Waals surface area contributed by atoms with Crippen LogP contribution in [0.1, 0.15) is 24.6 Å². The minimum atomic E-state index is -3.59. The van der Waals surface area contributed by atoms with Gasteiger partial charge in [0.05, 0.1) is 12.2 Å². The molecular weight excluding hydrogens is 342 g/mol. The quantitative estimate of drug-likeness (QED) is 0.803. The lowest BCUT2D eigenvalue weighted by atomic mass is 10.2. The first kappa shape index (κ1) is 17.1. The van der Waals surface area contributed by atoms with Crippen LogP contribution >= 0.6 is 11.8 Å². The maximum Gasteiger partial charge on any atom is 0.258 e. The molecule has 0 saturated heterocycles. The van der Waals surface area contributed by atoms with Crippen molar-refractivity contribution in [3.05, 3.63) is 59.9 Å². The van der Waals surface area contributed by atoms with E-state index in [0.717, 1.165) is 6.42 Å². The van der Waals surface area contributed by atoms with Crippen molar-refractivity contribution in [1.82, 2.24) is 9.71 Å². The third-order valence-electron chi connectivity index (χ3n) is 3.67. The molecule has 2 heterocycles.